The Morgan fingerprint density at radius 1 is 1.30 bits per heavy atom. The molecular formula is C14H18N4O2. The summed E-state index contributed by atoms with van der Waals surface area (Å²) in [6.07, 6.45) is 9.44. The lowest BCUT2D eigenvalue weighted by Crippen LogP contribution is -2.49. The molecule has 1 saturated heterocycles. The Bertz CT molecular complexity index is 526. The first-order valence-electron chi connectivity index (χ1n) is 6.75. The molecule has 6 heteroatoms. The van der Waals surface area contributed by atoms with Crippen molar-refractivity contribution in [2.75, 3.05) is 13.2 Å². The molecule has 1 aromatic rings. The Kier molecular flexibility index (Phi) is 3.77. The minimum atomic E-state index is -0.917. The number of piperazine rings is 1. The standard InChI is InChI=1S/C14H18N4O2/c19-8-13(20)9-5-16-14(17-6-9)12-7-15-10-3-1-2-4-11(10)18-12/h1-3,5-6,11-13,15,18-20H,4,7-8H2/t11?,12-,13+/m1/s1. The number of rotatable bonds is 3. The van der Waals surface area contributed by atoms with Crippen LogP contribution in [0.5, 0.6) is 0 Å². The van der Waals surface area contributed by atoms with Crippen LogP contribution in [-0.2, 0) is 0 Å². The largest absolute Gasteiger partial charge is 0.393 e. The molecule has 3 atom stereocenters. The maximum Gasteiger partial charge on any atom is 0.146 e. The highest BCUT2D eigenvalue weighted by Crippen LogP contribution is 2.21. The molecule has 3 rings (SSSR count). The Morgan fingerprint density at radius 2 is 2.10 bits per heavy atom. The van der Waals surface area contributed by atoms with Crippen LogP contribution in [0, 0.1) is 0 Å². The molecule has 1 aromatic heterocycles. The SMILES string of the molecule is OC[C@H](O)c1cnc([C@H]2CNC3=CC=CCC3N2)nc1. The Labute approximate surface area is 117 Å². The zero-order valence-electron chi connectivity index (χ0n) is 11.0. The quantitative estimate of drug-likeness (QED) is 0.618. The van der Waals surface area contributed by atoms with Crippen molar-refractivity contribution in [1.82, 2.24) is 20.6 Å². The van der Waals surface area contributed by atoms with Crippen LogP contribution < -0.4 is 10.6 Å². The zero-order chi connectivity index (χ0) is 13.9. The smallest absolute Gasteiger partial charge is 0.146 e. The summed E-state index contributed by atoms with van der Waals surface area (Å²) in [6, 6.07) is 0.328. The van der Waals surface area contributed by atoms with Gasteiger partial charge in [0.05, 0.1) is 18.7 Å². The molecule has 0 bridgehead atoms. The molecule has 0 saturated carbocycles. The average Bonchev–Trinajstić information content (AvgIpc) is 2.54. The number of hydrogen-bond donors (Lipinski definition) is 4. The molecule has 0 spiro atoms. The Hall–Kier alpha value is -1.76. The summed E-state index contributed by atoms with van der Waals surface area (Å²) in [5.74, 6) is 0.694. The Morgan fingerprint density at radius 3 is 2.85 bits per heavy atom. The fourth-order valence-electron chi connectivity index (χ4n) is 2.46. The summed E-state index contributed by atoms with van der Waals surface area (Å²) >= 11 is 0. The fourth-order valence-corrected chi connectivity index (χ4v) is 2.46. The molecular weight excluding hydrogens is 256 g/mol. The van der Waals surface area contributed by atoms with E-state index in [2.05, 4.69) is 38.8 Å². The number of aliphatic hydroxyl groups excluding tert-OH is 2. The predicted molar refractivity (Wildman–Crippen MR) is 73.6 cm³/mol. The minimum absolute atomic E-state index is 0.0453. The highest BCUT2D eigenvalue weighted by Gasteiger charge is 2.27. The number of hydrogen-bond acceptors (Lipinski definition) is 6. The third kappa shape index (κ3) is 2.58. The van der Waals surface area contributed by atoms with Gasteiger partial charge in [-0.2, -0.15) is 0 Å². The summed E-state index contributed by atoms with van der Waals surface area (Å²) in [6.45, 7) is 0.409. The first-order valence-corrected chi connectivity index (χ1v) is 6.75. The highest BCUT2D eigenvalue weighted by atomic mass is 16.3. The van der Waals surface area contributed by atoms with Gasteiger partial charge in [0.2, 0.25) is 0 Å². The normalized spacial score (nSPS) is 26.4. The average molecular weight is 274 g/mol. The lowest BCUT2D eigenvalue weighted by molar-refractivity contribution is 0.0949. The predicted octanol–water partition coefficient (Wildman–Crippen LogP) is -0.0514. The summed E-state index contributed by atoms with van der Waals surface area (Å²) in [7, 11) is 0. The summed E-state index contributed by atoms with van der Waals surface area (Å²) in [4.78, 5) is 8.57. The van der Waals surface area contributed by atoms with Crippen LogP contribution in [0.4, 0.5) is 0 Å². The molecule has 6 nitrogen and oxygen atoms in total. The summed E-state index contributed by atoms with van der Waals surface area (Å²) in [5, 5.41) is 25.3. The van der Waals surface area contributed by atoms with Crippen LogP contribution in [-0.4, -0.2) is 39.4 Å². The van der Waals surface area contributed by atoms with Gasteiger partial charge in [0.15, 0.2) is 0 Å². The van der Waals surface area contributed by atoms with Gasteiger partial charge in [-0.25, -0.2) is 9.97 Å². The molecule has 0 radical (unpaired) electrons. The van der Waals surface area contributed by atoms with E-state index < -0.39 is 6.10 Å². The van der Waals surface area contributed by atoms with Crippen molar-refractivity contribution in [3.05, 3.63) is 47.7 Å². The number of nitrogens with zero attached hydrogens (tertiary/aromatic N) is 2. The van der Waals surface area contributed by atoms with E-state index in [1.54, 1.807) is 12.4 Å². The van der Waals surface area contributed by atoms with E-state index in [0.717, 1.165) is 13.0 Å². The Balaban J connectivity index is 1.71. The monoisotopic (exact) mass is 274 g/mol. The van der Waals surface area contributed by atoms with E-state index in [-0.39, 0.29) is 18.7 Å². The molecule has 2 heterocycles. The maximum absolute atomic E-state index is 9.51. The highest BCUT2D eigenvalue weighted by molar-refractivity contribution is 5.25. The first-order chi connectivity index (χ1) is 9.78. The van der Waals surface area contributed by atoms with Gasteiger partial charge in [0, 0.05) is 30.2 Å². The fraction of sp³-hybridized carbons (Fsp3) is 0.429. The molecule has 1 unspecified atom stereocenters. The molecule has 4 N–H and O–H groups in total. The molecule has 106 valence electrons. The van der Waals surface area contributed by atoms with Gasteiger partial charge in [0.25, 0.3) is 0 Å². The van der Waals surface area contributed by atoms with Crippen molar-refractivity contribution in [2.24, 2.45) is 0 Å². The van der Waals surface area contributed by atoms with Crippen LogP contribution in [0.3, 0.4) is 0 Å². The second-order valence-electron chi connectivity index (χ2n) is 5.01. The first kappa shape index (κ1) is 13.2. The van der Waals surface area contributed by atoms with Crippen LogP contribution in [0.25, 0.3) is 0 Å². The van der Waals surface area contributed by atoms with Crippen molar-refractivity contribution in [3.8, 4) is 0 Å². The second kappa shape index (κ2) is 5.70. The molecule has 1 fully saturated rings. The van der Waals surface area contributed by atoms with Crippen molar-refractivity contribution >= 4 is 0 Å². The molecule has 20 heavy (non-hydrogen) atoms. The number of nitrogens with one attached hydrogen (secondary N) is 2. The van der Waals surface area contributed by atoms with Gasteiger partial charge in [-0.15, -0.1) is 0 Å². The van der Waals surface area contributed by atoms with Crippen LogP contribution >= 0.6 is 0 Å². The van der Waals surface area contributed by atoms with Crippen molar-refractivity contribution in [2.45, 2.75) is 24.6 Å². The van der Waals surface area contributed by atoms with Crippen LogP contribution in [0.2, 0.25) is 0 Å². The second-order valence-corrected chi connectivity index (χ2v) is 5.01. The molecule has 0 aromatic carbocycles. The zero-order valence-corrected chi connectivity index (χ0v) is 11.0. The number of fused-ring (bicyclic) bond motifs is 1. The molecule has 1 aliphatic heterocycles. The number of allylic oxidation sites excluding steroid dienone is 2. The third-order valence-electron chi connectivity index (χ3n) is 3.63. The minimum Gasteiger partial charge on any atom is -0.393 e. The van der Waals surface area contributed by atoms with Crippen molar-refractivity contribution in [1.29, 1.82) is 0 Å². The molecule has 2 aliphatic rings. The van der Waals surface area contributed by atoms with Gasteiger partial charge in [-0.3, -0.25) is 5.32 Å². The lowest BCUT2D eigenvalue weighted by Gasteiger charge is -2.34. The van der Waals surface area contributed by atoms with Gasteiger partial charge in [-0.05, 0) is 12.5 Å². The van der Waals surface area contributed by atoms with Crippen molar-refractivity contribution < 1.29 is 10.2 Å². The lowest BCUT2D eigenvalue weighted by atomic mass is 10.00. The summed E-state index contributed by atoms with van der Waals surface area (Å²) in [5.41, 5.74) is 1.73. The van der Waals surface area contributed by atoms with Crippen LogP contribution in [0.1, 0.15) is 30.0 Å². The van der Waals surface area contributed by atoms with Crippen molar-refractivity contribution in [3.63, 3.8) is 0 Å². The van der Waals surface area contributed by atoms with Crippen LogP contribution in [0.15, 0.2) is 36.3 Å². The topological polar surface area (TPSA) is 90.3 Å². The van der Waals surface area contributed by atoms with E-state index >= 15 is 0 Å². The van der Waals surface area contributed by atoms with E-state index in [4.69, 9.17) is 5.11 Å². The molecule has 1 aliphatic carbocycles. The van der Waals surface area contributed by atoms with E-state index in [9.17, 15) is 5.11 Å². The summed E-state index contributed by atoms with van der Waals surface area (Å²) < 4.78 is 0. The third-order valence-corrected chi connectivity index (χ3v) is 3.63. The number of aliphatic hydroxyl groups is 2. The van der Waals surface area contributed by atoms with E-state index in [1.165, 1.54) is 5.70 Å². The maximum atomic E-state index is 9.51. The van der Waals surface area contributed by atoms with Gasteiger partial charge in [-0.1, -0.05) is 12.2 Å². The van der Waals surface area contributed by atoms with Gasteiger partial charge in [0.1, 0.15) is 11.9 Å². The number of aromatic nitrogens is 2. The van der Waals surface area contributed by atoms with E-state index in [0.29, 0.717) is 11.4 Å². The van der Waals surface area contributed by atoms with Gasteiger partial charge < -0.3 is 15.5 Å². The van der Waals surface area contributed by atoms with E-state index in [1.807, 2.05) is 0 Å². The van der Waals surface area contributed by atoms with Gasteiger partial charge >= 0.3 is 0 Å². The molecule has 0 amide bonds.